The Morgan fingerprint density at radius 3 is 2.84 bits per heavy atom. The molecular formula is C18H31N3O4. The van der Waals surface area contributed by atoms with E-state index in [2.05, 4.69) is 24.1 Å². The van der Waals surface area contributed by atoms with Crippen LogP contribution < -0.4 is 5.32 Å². The monoisotopic (exact) mass is 353 g/mol. The predicted molar refractivity (Wildman–Crippen MR) is 94.0 cm³/mol. The summed E-state index contributed by atoms with van der Waals surface area (Å²) in [5.74, 6) is 1.57. The smallest absolute Gasteiger partial charge is 0.410 e. The fourth-order valence-corrected chi connectivity index (χ4v) is 2.86. The van der Waals surface area contributed by atoms with Crippen LogP contribution in [0.1, 0.15) is 65.2 Å². The van der Waals surface area contributed by atoms with Gasteiger partial charge in [0.05, 0.1) is 19.3 Å². The van der Waals surface area contributed by atoms with E-state index in [0.29, 0.717) is 30.7 Å². The van der Waals surface area contributed by atoms with E-state index in [-0.39, 0.29) is 24.8 Å². The van der Waals surface area contributed by atoms with E-state index < -0.39 is 5.60 Å². The first-order valence-electron chi connectivity index (χ1n) is 8.99. The third kappa shape index (κ3) is 5.44. The van der Waals surface area contributed by atoms with E-state index in [1.54, 1.807) is 11.1 Å². The molecule has 0 unspecified atom stereocenters. The van der Waals surface area contributed by atoms with Crippen LogP contribution in [0, 0.1) is 5.92 Å². The molecule has 1 fully saturated rings. The minimum atomic E-state index is -0.522. The molecule has 2 heterocycles. The van der Waals surface area contributed by atoms with E-state index in [1.165, 1.54) is 0 Å². The second-order valence-electron chi connectivity index (χ2n) is 7.91. The zero-order valence-electron chi connectivity index (χ0n) is 15.9. The summed E-state index contributed by atoms with van der Waals surface area (Å²) in [6.07, 6.45) is 3.08. The molecule has 142 valence electrons. The highest BCUT2D eigenvalue weighted by molar-refractivity contribution is 5.69. The van der Waals surface area contributed by atoms with Crippen molar-refractivity contribution in [1.29, 1.82) is 0 Å². The number of hydrogen-bond donors (Lipinski definition) is 2. The average Bonchev–Trinajstić information content (AvgIpc) is 3.14. The Kier molecular flexibility index (Phi) is 6.46. The highest BCUT2D eigenvalue weighted by Gasteiger charge is 2.35. The molecule has 7 heteroatoms. The summed E-state index contributed by atoms with van der Waals surface area (Å²) in [5.41, 5.74) is -0.522. The third-order valence-electron chi connectivity index (χ3n) is 4.28. The normalized spacial score (nSPS) is 19.5. The zero-order valence-corrected chi connectivity index (χ0v) is 15.9. The van der Waals surface area contributed by atoms with Gasteiger partial charge in [0.1, 0.15) is 17.4 Å². The number of hydrogen-bond acceptors (Lipinski definition) is 6. The van der Waals surface area contributed by atoms with Gasteiger partial charge in [-0.15, -0.1) is 0 Å². The third-order valence-corrected chi connectivity index (χ3v) is 4.28. The number of ether oxygens (including phenoxy) is 1. The fraction of sp³-hybridized carbons (Fsp3) is 0.778. The van der Waals surface area contributed by atoms with Crippen molar-refractivity contribution < 1.29 is 19.1 Å². The SMILES string of the molecule is CC(C)[C@H](CO)NCc1cnc([C@@H]2CCCN2C(=O)OC(C)(C)C)o1. The van der Waals surface area contributed by atoms with E-state index in [1.807, 2.05) is 20.8 Å². The maximum absolute atomic E-state index is 12.4. The van der Waals surface area contributed by atoms with Gasteiger partial charge in [-0.2, -0.15) is 0 Å². The number of aromatic nitrogens is 1. The van der Waals surface area contributed by atoms with Gasteiger partial charge < -0.3 is 19.6 Å². The lowest BCUT2D eigenvalue weighted by atomic mass is 10.1. The second-order valence-corrected chi connectivity index (χ2v) is 7.91. The van der Waals surface area contributed by atoms with Gasteiger partial charge in [0, 0.05) is 12.6 Å². The van der Waals surface area contributed by atoms with Gasteiger partial charge in [0.2, 0.25) is 5.89 Å². The molecule has 1 aliphatic heterocycles. The molecule has 0 radical (unpaired) electrons. The zero-order chi connectivity index (χ0) is 18.6. The second kappa shape index (κ2) is 8.19. The first kappa shape index (κ1) is 19.7. The lowest BCUT2D eigenvalue weighted by molar-refractivity contribution is 0.0203. The molecule has 1 saturated heterocycles. The lowest BCUT2D eigenvalue weighted by Gasteiger charge is -2.27. The lowest BCUT2D eigenvalue weighted by Crippen LogP contribution is -2.36. The van der Waals surface area contributed by atoms with Gasteiger partial charge in [-0.05, 0) is 39.5 Å². The van der Waals surface area contributed by atoms with Crippen LogP contribution in [0.4, 0.5) is 4.79 Å². The van der Waals surface area contributed by atoms with E-state index >= 15 is 0 Å². The van der Waals surface area contributed by atoms with Crippen LogP contribution in [0.3, 0.4) is 0 Å². The van der Waals surface area contributed by atoms with Crippen LogP contribution in [-0.4, -0.2) is 45.9 Å². The first-order valence-corrected chi connectivity index (χ1v) is 8.99. The van der Waals surface area contributed by atoms with Crippen molar-refractivity contribution in [3.8, 4) is 0 Å². The minimum absolute atomic E-state index is 0.0123. The first-order chi connectivity index (χ1) is 11.7. The largest absolute Gasteiger partial charge is 0.444 e. The van der Waals surface area contributed by atoms with E-state index in [0.717, 1.165) is 12.8 Å². The van der Waals surface area contributed by atoms with Crippen LogP contribution in [0.25, 0.3) is 0 Å². The number of aliphatic hydroxyl groups excluding tert-OH is 1. The quantitative estimate of drug-likeness (QED) is 0.818. The molecule has 1 aromatic rings. The predicted octanol–water partition coefficient (Wildman–Crippen LogP) is 2.85. The maximum Gasteiger partial charge on any atom is 0.410 e. The van der Waals surface area contributed by atoms with Crippen molar-refractivity contribution in [2.24, 2.45) is 5.92 Å². The summed E-state index contributed by atoms with van der Waals surface area (Å²) in [7, 11) is 0. The van der Waals surface area contributed by atoms with Crippen molar-refractivity contribution in [2.45, 2.75) is 71.7 Å². The molecule has 1 aliphatic rings. The fourth-order valence-electron chi connectivity index (χ4n) is 2.86. The average molecular weight is 353 g/mol. The minimum Gasteiger partial charge on any atom is -0.444 e. The van der Waals surface area contributed by atoms with Gasteiger partial charge >= 0.3 is 6.09 Å². The van der Waals surface area contributed by atoms with Gasteiger partial charge in [0.25, 0.3) is 0 Å². The van der Waals surface area contributed by atoms with E-state index in [4.69, 9.17) is 9.15 Å². The molecule has 0 aliphatic carbocycles. The van der Waals surface area contributed by atoms with Crippen LogP contribution in [0.2, 0.25) is 0 Å². The summed E-state index contributed by atoms with van der Waals surface area (Å²) in [6.45, 7) is 10.9. The molecule has 2 rings (SSSR count). The number of rotatable bonds is 6. The molecule has 25 heavy (non-hydrogen) atoms. The van der Waals surface area contributed by atoms with Gasteiger partial charge in [-0.25, -0.2) is 9.78 Å². The summed E-state index contributed by atoms with van der Waals surface area (Å²) in [5, 5.41) is 12.6. The number of nitrogens with zero attached hydrogens (tertiary/aromatic N) is 2. The highest BCUT2D eigenvalue weighted by atomic mass is 16.6. The molecule has 0 bridgehead atoms. The van der Waals surface area contributed by atoms with Gasteiger partial charge in [0.15, 0.2) is 0 Å². The Bertz CT molecular complexity index is 565. The Labute approximate surface area is 149 Å². The van der Waals surface area contributed by atoms with Gasteiger partial charge in [-0.3, -0.25) is 4.90 Å². The number of carbonyl (C=O) groups excluding carboxylic acids is 1. The Morgan fingerprint density at radius 2 is 2.24 bits per heavy atom. The van der Waals surface area contributed by atoms with Crippen LogP contribution >= 0.6 is 0 Å². The van der Waals surface area contributed by atoms with Gasteiger partial charge in [-0.1, -0.05) is 13.8 Å². The number of likely N-dealkylation sites (tertiary alicyclic amines) is 1. The number of nitrogens with one attached hydrogen (secondary N) is 1. The molecular weight excluding hydrogens is 322 g/mol. The van der Waals surface area contributed by atoms with Crippen LogP contribution in [0.5, 0.6) is 0 Å². The van der Waals surface area contributed by atoms with Crippen LogP contribution in [0.15, 0.2) is 10.6 Å². The molecule has 2 atom stereocenters. The number of oxazole rings is 1. The standard InChI is InChI=1S/C18H31N3O4/c1-12(2)14(11-22)19-9-13-10-20-16(24-13)15-7-6-8-21(15)17(23)25-18(3,4)5/h10,12,14-15,19,22H,6-9,11H2,1-5H3/t14-,15-/m0/s1. The number of amides is 1. The van der Waals surface area contributed by atoms with Crippen molar-refractivity contribution in [3.63, 3.8) is 0 Å². The number of carbonyl (C=O) groups is 1. The molecule has 0 aromatic carbocycles. The summed E-state index contributed by atoms with van der Waals surface area (Å²) in [6, 6.07) is -0.166. The Morgan fingerprint density at radius 1 is 1.52 bits per heavy atom. The molecule has 0 spiro atoms. The topological polar surface area (TPSA) is 87.8 Å². The summed E-state index contributed by atoms with van der Waals surface area (Å²) < 4.78 is 11.3. The van der Waals surface area contributed by atoms with E-state index in [9.17, 15) is 9.90 Å². The molecule has 0 saturated carbocycles. The van der Waals surface area contributed by atoms with Crippen molar-refractivity contribution in [1.82, 2.24) is 15.2 Å². The Balaban J connectivity index is 1.99. The summed E-state index contributed by atoms with van der Waals surface area (Å²) in [4.78, 5) is 18.4. The van der Waals surface area contributed by atoms with Crippen molar-refractivity contribution in [3.05, 3.63) is 17.8 Å². The molecule has 1 amide bonds. The molecule has 7 nitrogen and oxygen atoms in total. The van der Waals surface area contributed by atoms with Crippen molar-refractivity contribution in [2.75, 3.05) is 13.2 Å². The molecule has 1 aromatic heterocycles. The number of aliphatic hydroxyl groups is 1. The maximum atomic E-state index is 12.4. The molecule has 2 N–H and O–H groups in total. The Hall–Kier alpha value is -1.60. The highest BCUT2D eigenvalue weighted by Crippen LogP contribution is 2.32. The van der Waals surface area contributed by atoms with Crippen molar-refractivity contribution >= 4 is 6.09 Å². The summed E-state index contributed by atoms with van der Waals surface area (Å²) >= 11 is 0. The van der Waals surface area contributed by atoms with Crippen LogP contribution in [-0.2, 0) is 11.3 Å².